The largest absolute Gasteiger partial charge is 0.465 e. The van der Waals surface area contributed by atoms with Gasteiger partial charge in [-0.05, 0) is 57.9 Å². The molecule has 0 saturated carbocycles. The number of ether oxygens (including phenoxy) is 1. The molecule has 0 fully saturated rings. The van der Waals surface area contributed by atoms with Crippen LogP contribution in [0.2, 0.25) is 0 Å². The molecule has 0 saturated heterocycles. The monoisotopic (exact) mass is 529 g/mol. The van der Waals surface area contributed by atoms with Crippen LogP contribution in [-0.4, -0.2) is 47.9 Å². The second kappa shape index (κ2) is 11.1. The highest BCUT2D eigenvalue weighted by atomic mass is 32.1. The Kier molecular flexibility index (Phi) is 7.92. The van der Waals surface area contributed by atoms with E-state index in [0.717, 1.165) is 28.0 Å². The molecule has 2 heterocycles. The quantitative estimate of drug-likeness (QED) is 0.280. The number of benzene rings is 2. The van der Waals surface area contributed by atoms with Gasteiger partial charge in [0.2, 0.25) is 0 Å². The van der Waals surface area contributed by atoms with Crippen LogP contribution in [0.25, 0.3) is 22.2 Å². The number of hydrogen-bond donors (Lipinski definition) is 1. The lowest BCUT2D eigenvalue weighted by Crippen LogP contribution is -2.30. The lowest BCUT2D eigenvalue weighted by atomic mass is 9.99. The van der Waals surface area contributed by atoms with Crippen molar-refractivity contribution < 1.29 is 19.1 Å². The average molecular weight is 530 g/mol. The van der Waals surface area contributed by atoms with E-state index in [1.54, 1.807) is 17.9 Å². The molecule has 1 N–H and O–H groups in total. The van der Waals surface area contributed by atoms with Crippen LogP contribution in [0.3, 0.4) is 0 Å². The lowest BCUT2D eigenvalue weighted by molar-refractivity contribution is 0.0601. The number of anilines is 1. The first-order valence-electron chi connectivity index (χ1n) is 12.5. The molecule has 0 bridgehead atoms. The van der Waals surface area contributed by atoms with Crippen molar-refractivity contribution in [2.75, 3.05) is 25.5 Å². The minimum atomic E-state index is -0.608. The van der Waals surface area contributed by atoms with Crippen molar-refractivity contribution in [2.45, 2.75) is 34.6 Å². The van der Waals surface area contributed by atoms with Gasteiger partial charge in [0.05, 0.1) is 34.3 Å². The zero-order valence-corrected chi connectivity index (χ0v) is 23.3. The van der Waals surface area contributed by atoms with Crippen molar-refractivity contribution in [3.05, 3.63) is 81.2 Å². The molecular formula is C30H31N3O4S. The van der Waals surface area contributed by atoms with Gasteiger partial charge in [-0.3, -0.25) is 9.59 Å². The zero-order chi connectivity index (χ0) is 27.6. The van der Waals surface area contributed by atoms with Crippen LogP contribution in [-0.2, 0) is 4.74 Å². The van der Waals surface area contributed by atoms with Gasteiger partial charge < -0.3 is 15.0 Å². The van der Waals surface area contributed by atoms with Crippen molar-refractivity contribution >= 4 is 45.0 Å². The topological polar surface area (TPSA) is 88.6 Å². The van der Waals surface area contributed by atoms with Crippen LogP contribution in [0.5, 0.6) is 0 Å². The first kappa shape index (κ1) is 27.0. The number of para-hydroxylation sites is 1. The number of esters is 1. The molecule has 0 spiro atoms. The van der Waals surface area contributed by atoms with E-state index >= 15 is 0 Å². The Hall–Kier alpha value is -4.04. The van der Waals surface area contributed by atoms with Crippen LogP contribution in [0.4, 0.5) is 5.00 Å². The van der Waals surface area contributed by atoms with Crippen LogP contribution in [0.1, 0.15) is 60.9 Å². The Morgan fingerprint density at radius 2 is 1.71 bits per heavy atom. The van der Waals surface area contributed by atoms with Gasteiger partial charge in [0.15, 0.2) is 0 Å². The van der Waals surface area contributed by atoms with Crippen molar-refractivity contribution in [1.29, 1.82) is 0 Å². The molecule has 8 heteroatoms. The summed E-state index contributed by atoms with van der Waals surface area (Å²) < 4.78 is 5.00. The van der Waals surface area contributed by atoms with Crippen LogP contribution >= 0.6 is 11.3 Å². The maximum absolute atomic E-state index is 13.8. The number of carbonyl (C=O) groups excluding carboxylic acids is 3. The van der Waals surface area contributed by atoms with Gasteiger partial charge in [-0.15, -0.1) is 11.3 Å². The van der Waals surface area contributed by atoms with Crippen molar-refractivity contribution in [3.8, 4) is 11.3 Å². The van der Waals surface area contributed by atoms with Gasteiger partial charge in [-0.1, -0.05) is 42.0 Å². The second-order valence-electron chi connectivity index (χ2n) is 9.07. The van der Waals surface area contributed by atoms with Crippen LogP contribution in [0, 0.1) is 20.8 Å². The minimum Gasteiger partial charge on any atom is -0.465 e. The number of thiophene rings is 1. The van der Waals surface area contributed by atoms with E-state index < -0.39 is 11.9 Å². The summed E-state index contributed by atoms with van der Waals surface area (Å²) in [6, 6.07) is 15.3. The number of rotatable bonds is 7. The number of nitrogens with one attached hydrogen (secondary N) is 1. The standard InChI is InChI=1S/C30H31N3O4S/c1-7-33(8-2)29(35)26-19(5)25(30(36)37-6)28(38-26)32-27(34)22-16-24(20-14-13-17(3)15-18(20)4)31-23-12-10-9-11-21(22)23/h9-16H,7-8H2,1-6H3,(H,32,34). The van der Waals surface area contributed by atoms with Gasteiger partial charge in [0.25, 0.3) is 11.8 Å². The number of nitrogens with zero attached hydrogens (tertiary/aromatic N) is 2. The van der Waals surface area contributed by atoms with E-state index in [1.165, 1.54) is 7.11 Å². The number of pyridine rings is 1. The molecular weight excluding hydrogens is 498 g/mol. The summed E-state index contributed by atoms with van der Waals surface area (Å²) in [6.45, 7) is 10.6. The Balaban J connectivity index is 1.82. The summed E-state index contributed by atoms with van der Waals surface area (Å²) in [4.78, 5) is 46.6. The highest BCUT2D eigenvalue weighted by Gasteiger charge is 2.28. The minimum absolute atomic E-state index is 0.186. The Morgan fingerprint density at radius 1 is 1.00 bits per heavy atom. The maximum atomic E-state index is 13.8. The smallest absolute Gasteiger partial charge is 0.341 e. The van der Waals surface area contributed by atoms with Gasteiger partial charge in [0, 0.05) is 24.0 Å². The predicted octanol–water partition coefficient (Wildman–Crippen LogP) is 6.41. The molecule has 0 aliphatic heterocycles. The van der Waals surface area contributed by atoms with E-state index in [0.29, 0.717) is 45.7 Å². The number of methoxy groups -OCH3 is 1. The SMILES string of the molecule is CCN(CC)C(=O)c1sc(NC(=O)c2cc(-c3ccc(C)cc3C)nc3ccccc23)c(C(=O)OC)c1C. The Labute approximate surface area is 226 Å². The molecule has 4 aromatic rings. The molecule has 0 aliphatic rings. The van der Waals surface area contributed by atoms with Crippen LogP contribution < -0.4 is 5.32 Å². The normalized spacial score (nSPS) is 10.9. The van der Waals surface area contributed by atoms with Gasteiger partial charge >= 0.3 is 5.97 Å². The van der Waals surface area contributed by atoms with E-state index in [1.807, 2.05) is 64.1 Å². The zero-order valence-electron chi connectivity index (χ0n) is 22.5. The molecule has 196 valence electrons. The lowest BCUT2D eigenvalue weighted by Gasteiger charge is -2.17. The summed E-state index contributed by atoms with van der Waals surface area (Å²) in [7, 11) is 1.28. The van der Waals surface area contributed by atoms with Gasteiger partial charge in [-0.2, -0.15) is 0 Å². The van der Waals surface area contributed by atoms with Gasteiger partial charge in [0.1, 0.15) is 5.00 Å². The molecule has 4 rings (SSSR count). The van der Waals surface area contributed by atoms with E-state index in [-0.39, 0.29) is 16.5 Å². The summed E-state index contributed by atoms with van der Waals surface area (Å²) in [5, 5.41) is 3.88. The van der Waals surface area contributed by atoms with E-state index in [4.69, 9.17) is 9.72 Å². The summed E-state index contributed by atoms with van der Waals surface area (Å²) in [5.41, 5.74) is 5.60. The highest BCUT2D eigenvalue weighted by Crippen LogP contribution is 2.36. The molecule has 2 aromatic heterocycles. The third-order valence-corrected chi connectivity index (χ3v) is 7.82. The summed E-state index contributed by atoms with van der Waals surface area (Å²) >= 11 is 1.09. The fourth-order valence-electron chi connectivity index (χ4n) is 4.58. The van der Waals surface area contributed by atoms with Crippen molar-refractivity contribution in [2.24, 2.45) is 0 Å². The number of fused-ring (bicyclic) bond motifs is 1. The number of amides is 2. The molecule has 2 aromatic carbocycles. The Bertz CT molecular complexity index is 1550. The Morgan fingerprint density at radius 3 is 2.37 bits per heavy atom. The third kappa shape index (κ3) is 5.04. The molecule has 2 amide bonds. The predicted molar refractivity (Wildman–Crippen MR) is 152 cm³/mol. The third-order valence-electron chi connectivity index (χ3n) is 6.63. The van der Waals surface area contributed by atoms with E-state index in [2.05, 4.69) is 11.4 Å². The number of aryl methyl sites for hydroxylation is 2. The molecule has 0 atom stereocenters. The van der Waals surface area contributed by atoms with E-state index in [9.17, 15) is 14.4 Å². The van der Waals surface area contributed by atoms with Crippen LogP contribution in [0.15, 0.2) is 48.5 Å². The number of aromatic nitrogens is 1. The van der Waals surface area contributed by atoms with Crippen molar-refractivity contribution in [3.63, 3.8) is 0 Å². The molecule has 0 unspecified atom stereocenters. The second-order valence-corrected chi connectivity index (χ2v) is 10.1. The van der Waals surface area contributed by atoms with Crippen molar-refractivity contribution in [1.82, 2.24) is 9.88 Å². The fourth-order valence-corrected chi connectivity index (χ4v) is 5.74. The number of carbonyl (C=O) groups is 3. The van der Waals surface area contributed by atoms with Gasteiger partial charge in [-0.25, -0.2) is 9.78 Å². The maximum Gasteiger partial charge on any atom is 0.341 e. The first-order chi connectivity index (χ1) is 18.2. The molecule has 7 nitrogen and oxygen atoms in total. The summed E-state index contributed by atoms with van der Waals surface area (Å²) in [6.07, 6.45) is 0. The highest BCUT2D eigenvalue weighted by molar-refractivity contribution is 7.18. The first-order valence-corrected chi connectivity index (χ1v) is 13.3. The fraction of sp³-hybridized carbons (Fsp3) is 0.267. The summed E-state index contributed by atoms with van der Waals surface area (Å²) in [5.74, 6) is -1.19. The number of hydrogen-bond acceptors (Lipinski definition) is 6. The molecule has 38 heavy (non-hydrogen) atoms. The molecule has 0 aliphatic carbocycles. The average Bonchev–Trinajstić information content (AvgIpc) is 3.23. The molecule has 0 radical (unpaired) electrons.